The van der Waals surface area contributed by atoms with Crippen molar-refractivity contribution in [1.29, 1.82) is 0 Å². The summed E-state index contributed by atoms with van der Waals surface area (Å²) < 4.78 is 17.0. The fourth-order valence-electron chi connectivity index (χ4n) is 5.53. The molecular weight excluding hydrogens is 557 g/mol. The number of hydrogen-bond acceptors (Lipinski definition) is 6. The van der Waals surface area contributed by atoms with Gasteiger partial charge < -0.3 is 10.1 Å². The standard InChI is InChI=1S/C32H38FN5O2.C3H6O/c1-4-27(13-8-22(2)3)38-31(39)29-19-26(33)20-35-30(29)37(32(38)40)28-7-5-6-25(18-28)24-11-9-23(10-12-24)21-36-16-14-34-15-17-36;1-3(2)4/h5-7,9-12,18-20,22,27,34H,4,8,13-17,21H2,1-3H3;1-2H3. The number of Topliss-reactive ketones (excluding diaryl/α,β-unsaturated/α-hetero) is 1. The molecule has 234 valence electrons. The Morgan fingerprint density at radius 3 is 2.30 bits per heavy atom. The first-order valence-electron chi connectivity index (χ1n) is 15.5. The number of fused-ring (bicyclic) bond motifs is 1. The predicted molar refractivity (Wildman–Crippen MR) is 175 cm³/mol. The van der Waals surface area contributed by atoms with E-state index >= 15 is 0 Å². The zero-order chi connectivity index (χ0) is 31.8. The SMILES string of the molecule is CC(C)=O.CCC(CCC(C)C)n1c(=O)c2cc(F)cnc2n(-c2cccc(-c3ccc(CN4CCNCC4)cc3)c2)c1=O. The molecule has 1 unspecified atom stereocenters. The molecule has 0 bridgehead atoms. The minimum absolute atomic E-state index is 0.102. The van der Waals surface area contributed by atoms with Crippen molar-refractivity contribution in [3.05, 3.63) is 93.0 Å². The van der Waals surface area contributed by atoms with Crippen molar-refractivity contribution in [3.8, 4) is 16.8 Å². The van der Waals surface area contributed by atoms with E-state index in [-0.39, 0.29) is 22.9 Å². The number of pyridine rings is 1. The largest absolute Gasteiger partial charge is 0.337 e. The first-order chi connectivity index (χ1) is 21.1. The van der Waals surface area contributed by atoms with Gasteiger partial charge in [0.05, 0.1) is 17.3 Å². The maximum Gasteiger partial charge on any atom is 0.337 e. The third-order valence-corrected chi connectivity index (χ3v) is 7.81. The van der Waals surface area contributed by atoms with Crippen LogP contribution in [0.1, 0.15) is 65.5 Å². The quantitative estimate of drug-likeness (QED) is 0.263. The monoisotopic (exact) mass is 601 g/mol. The van der Waals surface area contributed by atoms with Crippen LogP contribution in [0.2, 0.25) is 0 Å². The van der Waals surface area contributed by atoms with E-state index in [0.717, 1.165) is 56.5 Å². The predicted octanol–water partition coefficient (Wildman–Crippen LogP) is 5.74. The van der Waals surface area contributed by atoms with Crippen molar-refractivity contribution in [1.82, 2.24) is 24.3 Å². The number of carbonyl (C=O) groups excluding carboxylic acids is 1. The summed E-state index contributed by atoms with van der Waals surface area (Å²) in [6.45, 7) is 14.3. The zero-order valence-corrected chi connectivity index (χ0v) is 26.5. The number of ketones is 1. The van der Waals surface area contributed by atoms with E-state index in [1.165, 1.54) is 34.6 Å². The van der Waals surface area contributed by atoms with E-state index < -0.39 is 17.1 Å². The van der Waals surface area contributed by atoms with Crippen molar-refractivity contribution in [2.24, 2.45) is 5.92 Å². The lowest BCUT2D eigenvalue weighted by molar-refractivity contribution is -0.115. The highest BCUT2D eigenvalue weighted by atomic mass is 19.1. The molecule has 5 rings (SSSR count). The highest BCUT2D eigenvalue weighted by molar-refractivity contribution is 5.76. The van der Waals surface area contributed by atoms with Gasteiger partial charge in [-0.3, -0.25) is 14.3 Å². The average Bonchev–Trinajstić information content (AvgIpc) is 3.00. The van der Waals surface area contributed by atoms with Crippen molar-refractivity contribution >= 4 is 16.8 Å². The summed E-state index contributed by atoms with van der Waals surface area (Å²) in [5.74, 6) is -0.00212. The second-order valence-corrected chi connectivity index (χ2v) is 12.0. The molecule has 1 aliphatic rings. The van der Waals surface area contributed by atoms with Gasteiger partial charge in [-0.15, -0.1) is 0 Å². The number of rotatable bonds is 9. The maximum atomic E-state index is 14.3. The summed E-state index contributed by atoms with van der Waals surface area (Å²) in [5, 5.41) is 3.49. The van der Waals surface area contributed by atoms with Gasteiger partial charge in [0, 0.05) is 38.8 Å². The van der Waals surface area contributed by atoms with Crippen LogP contribution < -0.4 is 16.6 Å². The van der Waals surface area contributed by atoms with Crippen molar-refractivity contribution in [2.75, 3.05) is 26.2 Å². The summed E-state index contributed by atoms with van der Waals surface area (Å²) >= 11 is 0. The van der Waals surface area contributed by atoms with Crippen molar-refractivity contribution in [3.63, 3.8) is 0 Å². The van der Waals surface area contributed by atoms with Crippen LogP contribution in [0.4, 0.5) is 4.39 Å². The molecule has 0 saturated carbocycles. The van der Waals surface area contributed by atoms with Gasteiger partial charge in [-0.25, -0.2) is 18.7 Å². The number of nitrogens with zero attached hydrogens (tertiary/aromatic N) is 4. The highest BCUT2D eigenvalue weighted by Gasteiger charge is 2.22. The Hall–Kier alpha value is -3.95. The molecule has 0 aliphatic carbocycles. The van der Waals surface area contributed by atoms with Crippen LogP contribution in [0.5, 0.6) is 0 Å². The Balaban J connectivity index is 0.00000104. The third kappa shape index (κ3) is 8.15. The first kappa shape index (κ1) is 33.0. The van der Waals surface area contributed by atoms with Crippen LogP contribution in [0.25, 0.3) is 27.8 Å². The summed E-state index contributed by atoms with van der Waals surface area (Å²) in [4.78, 5) is 43.6. The number of hydrogen-bond donors (Lipinski definition) is 1. The Morgan fingerprint density at radius 1 is 0.977 bits per heavy atom. The van der Waals surface area contributed by atoms with E-state index in [1.807, 2.05) is 31.2 Å². The van der Waals surface area contributed by atoms with Gasteiger partial charge in [-0.05, 0) is 73.9 Å². The second-order valence-electron chi connectivity index (χ2n) is 12.0. The molecule has 3 heterocycles. The Kier molecular flexibility index (Phi) is 11.4. The van der Waals surface area contributed by atoms with Crippen molar-refractivity contribution < 1.29 is 9.18 Å². The van der Waals surface area contributed by atoms with E-state index in [9.17, 15) is 18.8 Å². The lowest BCUT2D eigenvalue weighted by Crippen LogP contribution is -2.42. The Morgan fingerprint density at radius 2 is 1.66 bits per heavy atom. The van der Waals surface area contributed by atoms with Gasteiger partial charge in [0.15, 0.2) is 5.65 Å². The van der Waals surface area contributed by atoms with E-state index in [0.29, 0.717) is 24.4 Å². The minimum Gasteiger partial charge on any atom is -0.314 e. The topological polar surface area (TPSA) is 89.2 Å². The number of piperazine rings is 1. The fraction of sp³-hybridized carbons (Fsp3) is 0.429. The number of benzene rings is 2. The van der Waals surface area contributed by atoms with Crippen LogP contribution in [-0.4, -0.2) is 51.0 Å². The minimum atomic E-state index is -0.605. The molecule has 0 spiro atoms. The molecule has 8 nitrogen and oxygen atoms in total. The fourth-order valence-corrected chi connectivity index (χ4v) is 5.53. The van der Waals surface area contributed by atoms with Crippen LogP contribution in [0.3, 0.4) is 0 Å². The molecule has 9 heteroatoms. The van der Waals surface area contributed by atoms with Gasteiger partial charge in [0.1, 0.15) is 11.6 Å². The van der Waals surface area contributed by atoms with Gasteiger partial charge in [-0.2, -0.15) is 0 Å². The maximum absolute atomic E-state index is 14.3. The smallest absolute Gasteiger partial charge is 0.314 e. The third-order valence-electron chi connectivity index (χ3n) is 7.81. The highest BCUT2D eigenvalue weighted by Crippen LogP contribution is 2.25. The Labute approximate surface area is 258 Å². The molecule has 44 heavy (non-hydrogen) atoms. The molecular formula is C35H44FN5O3. The number of nitrogens with one attached hydrogen (secondary N) is 1. The summed E-state index contributed by atoms with van der Waals surface area (Å²) in [5.41, 5.74) is 3.04. The molecule has 0 amide bonds. The first-order valence-corrected chi connectivity index (χ1v) is 15.5. The van der Waals surface area contributed by atoms with E-state index in [1.54, 1.807) is 0 Å². The summed E-state index contributed by atoms with van der Waals surface area (Å²) in [6, 6.07) is 17.1. The van der Waals surface area contributed by atoms with E-state index in [4.69, 9.17) is 0 Å². The lowest BCUT2D eigenvalue weighted by atomic mass is 10.0. The van der Waals surface area contributed by atoms with Gasteiger partial charge in [0.25, 0.3) is 5.56 Å². The van der Waals surface area contributed by atoms with Crippen LogP contribution in [-0.2, 0) is 11.3 Å². The zero-order valence-electron chi connectivity index (χ0n) is 26.5. The van der Waals surface area contributed by atoms with Crippen LogP contribution in [0, 0.1) is 11.7 Å². The van der Waals surface area contributed by atoms with E-state index in [2.05, 4.69) is 53.3 Å². The van der Waals surface area contributed by atoms with Gasteiger partial charge >= 0.3 is 5.69 Å². The van der Waals surface area contributed by atoms with Crippen LogP contribution in [0.15, 0.2) is 70.4 Å². The summed E-state index contributed by atoms with van der Waals surface area (Å²) in [7, 11) is 0. The van der Waals surface area contributed by atoms with Crippen LogP contribution >= 0.6 is 0 Å². The molecule has 1 atom stereocenters. The van der Waals surface area contributed by atoms with Gasteiger partial charge in [0.2, 0.25) is 0 Å². The number of carbonyl (C=O) groups is 1. The van der Waals surface area contributed by atoms with Gasteiger partial charge in [-0.1, -0.05) is 57.2 Å². The molecule has 4 aromatic rings. The summed E-state index contributed by atoms with van der Waals surface area (Å²) in [6.07, 6.45) is 3.25. The molecule has 1 N–H and O–H groups in total. The normalized spacial score (nSPS) is 14.3. The molecule has 0 radical (unpaired) electrons. The molecule has 1 fully saturated rings. The lowest BCUT2D eigenvalue weighted by Gasteiger charge is -2.27. The molecule has 1 saturated heterocycles. The average molecular weight is 602 g/mol. The molecule has 2 aromatic heterocycles. The van der Waals surface area contributed by atoms with Crippen molar-refractivity contribution in [2.45, 2.75) is 66.5 Å². The second kappa shape index (κ2) is 15.2. The Bertz CT molecular complexity index is 1680. The molecule has 2 aromatic carbocycles. The number of aromatic nitrogens is 3. The number of halogens is 1. The molecule has 1 aliphatic heterocycles.